The van der Waals surface area contributed by atoms with Crippen molar-refractivity contribution in [3.8, 4) is 0 Å². The number of aliphatic imine (C=N–C) groups is 1. The topological polar surface area (TPSA) is 21.6 Å². The molecule has 0 bridgehead atoms. The summed E-state index contributed by atoms with van der Waals surface area (Å²) in [4.78, 5) is 4.63. The van der Waals surface area contributed by atoms with Gasteiger partial charge in [0.2, 0.25) is 0 Å². The predicted octanol–water partition coefficient (Wildman–Crippen LogP) is 2.14. The molecule has 0 aromatic heterocycles. The molecule has 0 radical (unpaired) electrons. The largest absolute Gasteiger partial charge is 0.478 e. The molecule has 2 aliphatic rings. The second kappa shape index (κ2) is 2.50. The van der Waals surface area contributed by atoms with Crippen molar-refractivity contribution in [3.63, 3.8) is 0 Å². The minimum atomic E-state index is 0.228. The van der Waals surface area contributed by atoms with Gasteiger partial charge in [0.25, 0.3) is 0 Å². The molecule has 2 nitrogen and oxygen atoms in total. The van der Waals surface area contributed by atoms with E-state index < -0.39 is 0 Å². The van der Waals surface area contributed by atoms with Gasteiger partial charge < -0.3 is 4.74 Å². The zero-order valence-electron chi connectivity index (χ0n) is 7.10. The summed E-state index contributed by atoms with van der Waals surface area (Å²) in [5, 5.41) is 0. The molecule has 1 heterocycles. The van der Waals surface area contributed by atoms with Crippen LogP contribution in [-0.2, 0) is 4.74 Å². The van der Waals surface area contributed by atoms with Gasteiger partial charge in [0.05, 0.1) is 5.54 Å². The fraction of sp³-hybridized carbons (Fsp3) is 0.889. The molecule has 1 aliphatic carbocycles. The molecule has 1 aliphatic heterocycles. The highest BCUT2D eigenvalue weighted by atomic mass is 16.5. The van der Waals surface area contributed by atoms with Crippen molar-refractivity contribution < 1.29 is 4.74 Å². The average molecular weight is 153 g/mol. The van der Waals surface area contributed by atoms with Crippen LogP contribution in [0.3, 0.4) is 0 Å². The van der Waals surface area contributed by atoms with Gasteiger partial charge in [-0.1, -0.05) is 19.8 Å². The fourth-order valence-corrected chi connectivity index (χ4v) is 2.02. The molecule has 2 heteroatoms. The Labute approximate surface area is 67.7 Å². The lowest BCUT2D eigenvalue weighted by Gasteiger charge is -2.14. The van der Waals surface area contributed by atoms with E-state index in [1.165, 1.54) is 25.7 Å². The van der Waals surface area contributed by atoms with Gasteiger partial charge in [-0.25, -0.2) is 4.99 Å². The molecule has 0 atom stereocenters. The molecular weight excluding hydrogens is 138 g/mol. The van der Waals surface area contributed by atoms with Crippen LogP contribution in [0.25, 0.3) is 0 Å². The van der Waals surface area contributed by atoms with Crippen molar-refractivity contribution >= 4 is 5.90 Å². The van der Waals surface area contributed by atoms with E-state index in [-0.39, 0.29) is 5.54 Å². The Morgan fingerprint density at radius 1 is 1.45 bits per heavy atom. The number of nitrogens with zero attached hydrogens (tertiary/aromatic N) is 1. The summed E-state index contributed by atoms with van der Waals surface area (Å²) in [7, 11) is 0. The van der Waals surface area contributed by atoms with Gasteiger partial charge >= 0.3 is 0 Å². The molecule has 2 rings (SSSR count). The second-order valence-corrected chi connectivity index (χ2v) is 3.58. The summed E-state index contributed by atoms with van der Waals surface area (Å²) in [6.45, 7) is 2.96. The highest BCUT2D eigenvalue weighted by molar-refractivity contribution is 5.77. The molecule has 11 heavy (non-hydrogen) atoms. The van der Waals surface area contributed by atoms with Crippen molar-refractivity contribution in [3.05, 3.63) is 0 Å². The normalized spacial score (nSPS) is 27.2. The summed E-state index contributed by atoms with van der Waals surface area (Å²) >= 11 is 0. The Morgan fingerprint density at radius 3 is 2.73 bits per heavy atom. The van der Waals surface area contributed by atoms with Crippen LogP contribution in [0.4, 0.5) is 0 Å². The number of ether oxygens (including phenoxy) is 1. The zero-order chi connectivity index (χ0) is 7.73. The number of rotatable bonds is 1. The lowest BCUT2D eigenvalue weighted by molar-refractivity contribution is 0.254. The Kier molecular flexibility index (Phi) is 1.63. The molecule has 0 N–H and O–H groups in total. The van der Waals surface area contributed by atoms with E-state index in [2.05, 4.69) is 11.9 Å². The Hall–Kier alpha value is -0.530. The molecule has 1 fully saturated rings. The summed E-state index contributed by atoms with van der Waals surface area (Å²) in [5.74, 6) is 0.979. The van der Waals surface area contributed by atoms with E-state index in [0.717, 1.165) is 18.9 Å². The number of hydrogen-bond acceptors (Lipinski definition) is 2. The van der Waals surface area contributed by atoms with Crippen LogP contribution in [0.15, 0.2) is 4.99 Å². The van der Waals surface area contributed by atoms with Crippen LogP contribution in [0.1, 0.15) is 39.0 Å². The highest BCUT2D eigenvalue weighted by Crippen LogP contribution is 2.36. The van der Waals surface area contributed by atoms with E-state index in [1.807, 2.05) is 0 Å². The van der Waals surface area contributed by atoms with E-state index >= 15 is 0 Å². The van der Waals surface area contributed by atoms with Crippen molar-refractivity contribution in [2.45, 2.75) is 44.6 Å². The molecule has 0 unspecified atom stereocenters. The van der Waals surface area contributed by atoms with Crippen LogP contribution < -0.4 is 0 Å². The molecule has 0 aromatic carbocycles. The molecule has 1 saturated carbocycles. The smallest absolute Gasteiger partial charge is 0.183 e. The van der Waals surface area contributed by atoms with Crippen LogP contribution >= 0.6 is 0 Å². The van der Waals surface area contributed by atoms with Crippen LogP contribution in [-0.4, -0.2) is 18.0 Å². The van der Waals surface area contributed by atoms with E-state index in [0.29, 0.717) is 0 Å². The van der Waals surface area contributed by atoms with Crippen LogP contribution in [0, 0.1) is 0 Å². The maximum atomic E-state index is 5.49. The van der Waals surface area contributed by atoms with Crippen molar-refractivity contribution in [1.29, 1.82) is 0 Å². The lowest BCUT2D eigenvalue weighted by Crippen LogP contribution is -2.22. The summed E-state index contributed by atoms with van der Waals surface area (Å²) < 4.78 is 5.49. The third kappa shape index (κ3) is 1.15. The number of hydrogen-bond donors (Lipinski definition) is 0. The first-order chi connectivity index (χ1) is 5.35. The van der Waals surface area contributed by atoms with Crippen molar-refractivity contribution in [2.24, 2.45) is 4.99 Å². The van der Waals surface area contributed by atoms with Gasteiger partial charge in [0.1, 0.15) is 6.61 Å². The SMILES string of the molecule is CCC1=NC2(CCCC2)CO1. The molecular formula is C9H15NO. The monoisotopic (exact) mass is 153 g/mol. The predicted molar refractivity (Wildman–Crippen MR) is 44.9 cm³/mol. The average Bonchev–Trinajstić information content (AvgIpc) is 2.62. The van der Waals surface area contributed by atoms with Gasteiger partial charge in [0.15, 0.2) is 5.90 Å². The maximum absolute atomic E-state index is 5.49. The minimum absolute atomic E-state index is 0.228. The Bertz CT molecular complexity index is 180. The summed E-state index contributed by atoms with van der Waals surface area (Å²) in [5.41, 5.74) is 0.228. The highest BCUT2D eigenvalue weighted by Gasteiger charge is 2.38. The quantitative estimate of drug-likeness (QED) is 0.565. The van der Waals surface area contributed by atoms with Gasteiger partial charge in [-0.15, -0.1) is 0 Å². The zero-order valence-corrected chi connectivity index (χ0v) is 7.10. The van der Waals surface area contributed by atoms with Crippen molar-refractivity contribution in [1.82, 2.24) is 0 Å². The standard InChI is InChI=1S/C9H15NO/c1-2-8-10-9(7-11-8)5-3-4-6-9/h2-7H2,1H3. The van der Waals surface area contributed by atoms with Gasteiger partial charge in [-0.2, -0.15) is 0 Å². The maximum Gasteiger partial charge on any atom is 0.183 e. The molecule has 0 aromatic rings. The van der Waals surface area contributed by atoms with Gasteiger partial charge in [0, 0.05) is 6.42 Å². The van der Waals surface area contributed by atoms with Gasteiger partial charge in [-0.3, -0.25) is 0 Å². The molecule has 0 saturated heterocycles. The van der Waals surface area contributed by atoms with E-state index in [1.54, 1.807) is 0 Å². The summed E-state index contributed by atoms with van der Waals surface area (Å²) in [6.07, 6.45) is 6.13. The molecule has 0 amide bonds. The molecule has 62 valence electrons. The second-order valence-electron chi connectivity index (χ2n) is 3.58. The van der Waals surface area contributed by atoms with Crippen LogP contribution in [0.2, 0.25) is 0 Å². The Balaban J connectivity index is 2.11. The lowest BCUT2D eigenvalue weighted by atomic mass is 10.0. The summed E-state index contributed by atoms with van der Waals surface area (Å²) in [6, 6.07) is 0. The first-order valence-electron chi connectivity index (χ1n) is 4.56. The fourth-order valence-electron chi connectivity index (χ4n) is 2.02. The third-order valence-electron chi connectivity index (χ3n) is 2.71. The van der Waals surface area contributed by atoms with Crippen molar-refractivity contribution in [2.75, 3.05) is 6.61 Å². The molecule has 1 spiro atoms. The van der Waals surface area contributed by atoms with E-state index in [9.17, 15) is 0 Å². The third-order valence-corrected chi connectivity index (χ3v) is 2.71. The Morgan fingerprint density at radius 2 is 2.18 bits per heavy atom. The van der Waals surface area contributed by atoms with Crippen LogP contribution in [0.5, 0.6) is 0 Å². The van der Waals surface area contributed by atoms with E-state index in [4.69, 9.17) is 4.74 Å². The minimum Gasteiger partial charge on any atom is -0.478 e. The first-order valence-corrected chi connectivity index (χ1v) is 4.56. The van der Waals surface area contributed by atoms with Gasteiger partial charge in [-0.05, 0) is 12.8 Å². The first kappa shape index (κ1) is 7.14.